The Morgan fingerprint density at radius 3 is 2.62 bits per heavy atom. The molecule has 11 heteroatoms. The number of rotatable bonds is 7. The zero-order valence-electron chi connectivity index (χ0n) is 13.0. The number of nitro benzene ring substituents is 2. The third kappa shape index (κ3) is 4.98. The van der Waals surface area contributed by atoms with E-state index in [1.165, 1.54) is 42.5 Å². The van der Waals surface area contributed by atoms with E-state index in [-0.39, 0.29) is 27.7 Å². The van der Waals surface area contributed by atoms with Crippen molar-refractivity contribution >= 4 is 35.1 Å². The molecule has 10 nitrogen and oxygen atoms in total. The number of hydrazone groups is 1. The Bertz CT molecular complexity index is 886. The number of carbonyl (C=O) groups is 1. The first-order valence-corrected chi connectivity index (χ1v) is 7.38. The van der Waals surface area contributed by atoms with E-state index in [4.69, 9.17) is 16.3 Å². The Hall–Kier alpha value is -3.53. The van der Waals surface area contributed by atoms with E-state index in [1.54, 1.807) is 0 Å². The molecule has 0 aliphatic heterocycles. The molecular formula is C15H11ClN4O6. The summed E-state index contributed by atoms with van der Waals surface area (Å²) in [5, 5.41) is 25.4. The summed E-state index contributed by atoms with van der Waals surface area (Å²) in [6.07, 6.45) is 1.14. The van der Waals surface area contributed by atoms with Crippen LogP contribution in [-0.4, -0.2) is 28.6 Å². The molecule has 0 fully saturated rings. The van der Waals surface area contributed by atoms with Gasteiger partial charge in [-0.05, 0) is 12.1 Å². The van der Waals surface area contributed by atoms with Crippen LogP contribution in [0, 0.1) is 20.2 Å². The minimum absolute atomic E-state index is 0.0571. The van der Waals surface area contributed by atoms with E-state index < -0.39 is 22.4 Å². The molecule has 0 atom stereocenters. The van der Waals surface area contributed by atoms with Crippen molar-refractivity contribution in [2.75, 3.05) is 6.61 Å². The normalized spacial score (nSPS) is 10.5. The van der Waals surface area contributed by atoms with Gasteiger partial charge >= 0.3 is 5.69 Å². The zero-order valence-corrected chi connectivity index (χ0v) is 13.8. The van der Waals surface area contributed by atoms with Crippen molar-refractivity contribution in [2.45, 2.75) is 0 Å². The molecule has 0 aromatic heterocycles. The zero-order chi connectivity index (χ0) is 19.1. The van der Waals surface area contributed by atoms with Crippen LogP contribution in [0.1, 0.15) is 5.56 Å². The first kappa shape index (κ1) is 18.8. The number of nitrogens with one attached hydrogen (secondary N) is 1. The van der Waals surface area contributed by atoms with Crippen LogP contribution in [0.5, 0.6) is 5.75 Å². The van der Waals surface area contributed by atoms with Crippen LogP contribution in [0.4, 0.5) is 11.4 Å². The summed E-state index contributed by atoms with van der Waals surface area (Å²) in [4.78, 5) is 32.0. The third-order valence-electron chi connectivity index (χ3n) is 3.00. The maximum absolute atomic E-state index is 11.7. The van der Waals surface area contributed by atoms with E-state index in [9.17, 15) is 25.0 Å². The number of non-ortho nitro benzene ring substituents is 1. The van der Waals surface area contributed by atoms with Crippen molar-refractivity contribution in [1.29, 1.82) is 0 Å². The lowest BCUT2D eigenvalue weighted by molar-refractivity contribution is -0.385. The smallest absolute Gasteiger partial charge is 0.310 e. The average molecular weight is 379 g/mol. The van der Waals surface area contributed by atoms with Crippen LogP contribution in [0.3, 0.4) is 0 Å². The Morgan fingerprint density at radius 1 is 1.19 bits per heavy atom. The Morgan fingerprint density at radius 2 is 1.92 bits per heavy atom. The third-order valence-corrected chi connectivity index (χ3v) is 3.35. The molecule has 0 radical (unpaired) electrons. The molecule has 0 saturated heterocycles. The second-order valence-corrected chi connectivity index (χ2v) is 5.18. The highest BCUT2D eigenvalue weighted by atomic mass is 35.5. The van der Waals surface area contributed by atoms with E-state index >= 15 is 0 Å². The quantitative estimate of drug-likeness (QED) is 0.446. The number of halogens is 1. The van der Waals surface area contributed by atoms with Crippen LogP contribution in [0.25, 0.3) is 0 Å². The molecule has 0 spiro atoms. The van der Waals surface area contributed by atoms with Gasteiger partial charge in [-0.1, -0.05) is 23.7 Å². The summed E-state index contributed by atoms with van der Waals surface area (Å²) in [5.41, 5.74) is 1.92. The second kappa shape index (κ2) is 8.53. The van der Waals surface area contributed by atoms with E-state index in [0.29, 0.717) is 0 Å². The number of amides is 1. The number of benzene rings is 2. The summed E-state index contributed by atoms with van der Waals surface area (Å²) in [6.45, 7) is -0.509. The number of ether oxygens (including phenoxy) is 1. The van der Waals surface area contributed by atoms with E-state index in [2.05, 4.69) is 10.5 Å². The maximum Gasteiger partial charge on any atom is 0.310 e. The number of nitro groups is 2. The van der Waals surface area contributed by atoms with Crippen molar-refractivity contribution < 1.29 is 19.4 Å². The lowest BCUT2D eigenvalue weighted by atomic mass is 10.2. The number of carbonyl (C=O) groups excluding carboxylic acids is 1. The highest BCUT2D eigenvalue weighted by Gasteiger charge is 2.14. The second-order valence-electron chi connectivity index (χ2n) is 4.77. The summed E-state index contributed by atoms with van der Waals surface area (Å²) in [7, 11) is 0. The highest BCUT2D eigenvalue weighted by molar-refractivity contribution is 6.33. The SMILES string of the molecule is O=C(COc1ccccc1[N+](=O)[O-])N/N=C/c1cc([N+](=O)[O-])ccc1Cl. The first-order valence-electron chi connectivity index (χ1n) is 7.00. The van der Waals surface area contributed by atoms with Crippen LogP contribution in [-0.2, 0) is 4.79 Å². The van der Waals surface area contributed by atoms with Gasteiger partial charge in [-0.2, -0.15) is 5.10 Å². The van der Waals surface area contributed by atoms with Gasteiger partial charge < -0.3 is 4.74 Å². The van der Waals surface area contributed by atoms with Gasteiger partial charge in [0.15, 0.2) is 12.4 Å². The summed E-state index contributed by atoms with van der Waals surface area (Å²) in [5.74, 6) is -0.737. The molecule has 0 saturated carbocycles. The molecule has 26 heavy (non-hydrogen) atoms. The highest BCUT2D eigenvalue weighted by Crippen LogP contribution is 2.25. The molecule has 1 amide bonds. The van der Waals surface area contributed by atoms with Gasteiger partial charge in [0.25, 0.3) is 11.6 Å². The minimum Gasteiger partial charge on any atom is -0.477 e. The molecule has 2 aromatic carbocycles. The van der Waals surface area contributed by atoms with Gasteiger partial charge in [0.05, 0.1) is 16.1 Å². The summed E-state index contributed by atoms with van der Waals surface area (Å²) in [6, 6.07) is 9.37. The van der Waals surface area contributed by atoms with Gasteiger partial charge in [0.2, 0.25) is 0 Å². The average Bonchev–Trinajstić information content (AvgIpc) is 2.61. The van der Waals surface area contributed by atoms with Crippen LogP contribution in [0.15, 0.2) is 47.6 Å². The maximum atomic E-state index is 11.7. The van der Waals surface area contributed by atoms with Gasteiger partial charge in [-0.3, -0.25) is 25.0 Å². The molecule has 1 N–H and O–H groups in total. The molecule has 0 heterocycles. The van der Waals surface area contributed by atoms with Crippen LogP contribution >= 0.6 is 11.6 Å². The fraction of sp³-hybridized carbons (Fsp3) is 0.0667. The fourth-order valence-corrected chi connectivity index (χ4v) is 1.99. The number of nitrogens with zero attached hydrogens (tertiary/aromatic N) is 3. The molecule has 2 aromatic rings. The Labute approximate surface area is 151 Å². The summed E-state index contributed by atoms with van der Waals surface area (Å²) >= 11 is 5.89. The first-order chi connectivity index (χ1) is 12.4. The predicted octanol–water partition coefficient (Wildman–Crippen LogP) is 2.69. The van der Waals surface area contributed by atoms with Crippen molar-refractivity contribution in [3.63, 3.8) is 0 Å². The lowest BCUT2D eigenvalue weighted by Crippen LogP contribution is -2.24. The molecule has 0 aliphatic carbocycles. The summed E-state index contributed by atoms with van der Waals surface area (Å²) < 4.78 is 5.09. The monoisotopic (exact) mass is 378 g/mol. The Kier molecular flexibility index (Phi) is 6.17. The topological polar surface area (TPSA) is 137 Å². The minimum atomic E-state index is -0.680. The fourth-order valence-electron chi connectivity index (χ4n) is 1.82. The predicted molar refractivity (Wildman–Crippen MR) is 92.4 cm³/mol. The van der Waals surface area contributed by atoms with Gasteiger partial charge in [0, 0.05) is 28.8 Å². The van der Waals surface area contributed by atoms with Crippen molar-refractivity contribution in [1.82, 2.24) is 5.43 Å². The van der Waals surface area contributed by atoms with Crippen molar-refractivity contribution in [3.8, 4) is 5.75 Å². The molecule has 0 aliphatic rings. The standard InChI is InChI=1S/C15H11ClN4O6/c16-12-6-5-11(19(22)23)7-10(12)8-17-18-15(21)9-26-14-4-2-1-3-13(14)20(24)25/h1-8H,9H2,(H,18,21)/b17-8+. The largest absolute Gasteiger partial charge is 0.477 e. The number of para-hydroxylation sites is 2. The number of hydrogen-bond donors (Lipinski definition) is 1. The van der Waals surface area contributed by atoms with E-state index in [1.807, 2.05) is 0 Å². The van der Waals surface area contributed by atoms with Crippen molar-refractivity contribution in [3.05, 3.63) is 73.3 Å². The molecular weight excluding hydrogens is 368 g/mol. The van der Waals surface area contributed by atoms with E-state index in [0.717, 1.165) is 6.21 Å². The lowest BCUT2D eigenvalue weighted by Gasteiger charge is -2.05. The molecule has 134 valence electrons. The van der Waals surface area contributed by atoms with Gasteiger partial charge in [0.1, 0.15) is 0 Å². The van der Waals surface area contributed by atoms with Crippen LogP contribution < -0.4 is 10.2 Å². The Balaban J connectivity index is 1.95. The van der Waals surface area contributed by atoms with Crippen LogP contribution in [0.2, 0.25) is 5.02 Å². The molecule has 0 unspecified atom stereocenters. The number of hydrogen-bond acceptors (Lipinski definition) is 7. The van der Waals surface area contributed by atoms with Gasteiger partial charge in [-0.25, -0.2) is 5.43 Å². The molecule has 0 bridgehead atoms. The van der Waals surface area contributed by atoms with Crippen molar-refractivity contribution in [2.24, 2.45) is 5.10 Å². The van der Waals surface area contributed by atoms with Gasteiger partial charge in [-0.15, -0.1) is 0 Å². The molecule has 2 rings (SSSR count).